The Bertz CT molecular complexity index is 835. The van der Waals surface area contributed by atoms with Crippen molar-refractivity contribution in [3.8, 4) is 5.75 Å². The molecule has 0 aliphatic heterocycles. The maximum absolute atomic E-state index is 12.6. The average Bonchev–Trinajstić information content (AvgIpc) is 3.39. The molecule has 2 aromatic rings. The van der Waals surface area contributed by atoms with E-state index in [1.165, 1.54) is 7.11 Å². The van der Waals surface area contributed by atoms with Gasteiger partial charge in [-0.25, -0.2) is 0 Å². The molecule has 1 saturated carbocycles. The molecule has 2 amide bonds. The summed E-state index contributed by atoms with van der Waals surface area (Å²) < 4.78 is 5.08. The van der Waals surface area contributed by atoms with Crippen molar-refractivity contribution in [1.29, 1.82) is 0 Å². The zero-order valence-corrected chi connectivity index (χ0v) is 14.9. The number of amides is 2. The van der Waals surface area contributed by atoms with E-state index in [-0.39, 0.29) is 11.8 Å². The minimum Gasteiger partial charge on any atom is -0.495 e. The lowest BCUT2D eigenvalue weighted by Gasteiger charge is -2.16. The molecule has 1 fully saturated rings. The van der Waals surface area contributed by atoms with Gasteiger partial charge in [0, 0.05) is 5.69 Å². The predicted octanol–water partition coefficient (Wildman–Crippen LogP) is 4.36. The van der Waals surface area contributed by atoms with E-state index in [4.69, 9.17) is 27.9 Å². The van der Waals surface area contributed by atoms with Crippen LogP contribution in [0.15, 0.2) is 42.5 Å². The van der Waals surface area contributed by atoms with Crippen LogP contribution >= 0.6 is 23.2 Å². The van der Waals surface area contributed by atoms with Crippen LogP contribution < -0.4 is 15.4 Å². The highest BCUT2D eigenvalue weighted by Gasteiger charge is 2.56. The normalized spacial score (nSPS) is 14.5. The standard InChI is InChI=1S/C18H16Cl2N2O3/c1-25-15-7-6-11(10-13(15)20)21-16(23)18(8-9-18)17(24)22-14-5-3-2-4-12(14)19/h2-7,10H,8-9H2,1H3,(H,21,23)(H,22,24). The Morgan fingerprint density at radius 1 is 1.00 bits per heavy atom. The number of nitrogens with one attached hydrogen (secondary N) is 2. The van der Waals surface area contributed by atoms with Crippen molar-refractivity contribution in [3.63, 3.8) is 0 Å². The summed E-state index contributed by atoms with van der Waals surface area (Å²) in [6.45, 7) is 0. The van der Waals surface area contributed by atoms with Crippen LogP contribution in [0.2, 0.25) is 10.0 Å². The van der Waals surface area contributed by atoms with Crippen molar-refractivity contribution in [2.24, 2.45) is 5.41 Å². The van der Waals surface area contributed by atoms with Crippen molar-refractivity contribution in [1.82, 2.24) is 0 Å². The van der Waals surface area contributed by atoms with Gasteiger partial charge in [-0.05, 0) is 43.2 Å². The predicted molar refractivity (Wildman–Crippen MR) is 98.4 cm³/mol. The van der Waals surface area contributed by atoms with Crippen LogP contribution in [0.4, 0.5) is 11.4 Å². The van der Waals surface area contributed by atoms with E-state index in [2.05, 4.69) is 10.6 Å². The number of para-hydroxylation sites is 1. The van der Waals surface area contributed by atoms with Crippen LogP contribution in [0.3, 0.4) is 0 Å². The van der Waals surface area contributed by atoms with Crippen LogP contribution in [-0.4, -0.2) is 18.9 Å². The molecule has 5 nitrogen and oxygen atoms in total. The van der Waals surface area contributed by atoms with Crippen molar-refractivity contribution in [3.05, 3.63) is 52.5 Å². The van der Waals surface area contributed by atoms with Gasteiger partial charge in [-0.15, -0.1) is 0 Å². The fourth-order valence-electron chi connectivity index (χ4n) is 2.48. The molecular weight excluding hydrogens is 363 g/mol. The van der Waals surface area contributed by atoms with Gasteiger partial charge in [0.2, 0.25) is 11.8 Å². The molecule has 7 heteroatoms. The molecule has 0 heterocycles. The SMILES string of the molecule is COc1ccc(NC(=O)C2(C(=O)Nc3ccccc3Cl)CC2)cc1Cl. The highest BCUT2D eigenvalue weighted by Crippen LogP contribution is 2.48. The molecule has 3 rings (SSSR count). The largest absolute Gasteiger partial charge is 0.495 e. The number of ether oxygens (including phenoxy) is 1. The second kappa shape index (κ2) is 6.94. The van der Waals surface area contributed by atoms with Crippen LogP contribution in [0.1, 0.15) is 12.8 Å². The molecular formula is C18H16Cl2N2O3. The summed E-state index contributed by atoms with van der Waals surface area (Å²) in [5.41, 5.74) is -0.0840. The Labute approximate surface area is 155 Å². The number of hydrogen-bond acceptors (Lipinski definition) is 3. The van der Waals surface area contributed by atoms with E-state index in [0.29, 0.717) is 40.0 Å². The third-order valence-electron chi connectivity index (χ3n) is 4.15. The first-order valence-corrected chi connectivity index (χ1v) is 8.43. The summed E-state index contributed by atoms with van der Waals surface area (Å²) in [6.07, 6.45) is 0.970. The molecule has 0 unspecified atom stereocenters. The van der Waals surface area contributed by atoms with Gasteiger partial charge >= 0.3 is 0 Å². The summed E-state index contributed by atoms with van der Waals surface area (Å²) in [4.78, 5) is 25.2. The first kappa shape index (κ1) is 17.6. The second-order valence-corrected chi connectivity index (χ2v) is 6.63. The highest BCUT2D eigenvalue weighted by molar-refractivity contribution is 6.34. The second-order valence-electron chi connectivity index (χ2n) is 5.82. The highest BCUT2D eigenvalue weighted by atomic mass is 35.5. The molecule has 0 aromatic heterocycles. The van der Waals surface area contributed by atoms with Crippen molar-refractivity contribution in [2.75, 3.05) is 17.7 Å². The topological polar surface area (TPSA) is 67.4 Å². The molecule has 1 aliphatic rings. The van der Waals surface area contributed by atoms with E-state index in [1.807, 2.05) is 0 Å². The molecule has 25 heavy (non-hydrogen) atoms. The molecule has 130 valence electrons. The van der Waals surface area contributed by atoms with Crippen LogP contribution in [-0.2, 0) is 9.59 Å². The quantitative estimate of drug-likeness (QED) is 0.759. The zero-order valence-electron chi connectivity index (χ0n) is 13.4. The number of methoxy groups -OCH3 is 1. The van der Waals surface area contributed by atoms with Crippen molar-refractivity contribution >= 4 is 46.4 Å². The van der Waals surface area contributed by atoms with Crippen LogP contribution in [0.5, 0.6) is 5.75 Å². The number of hydrogen-bond donors (Lipinski definition) is 2. The first-order valence-electron chi connectivity index (χ1n) is 7.67. The minimum absolute atomic E-state index is 0.363. The molecule has 0 radical (unpaired) electrons. The fraction of sp³-hybridized carbons (Fsp3) is 0.222. The Morgan fingerprint density at radius 2 is 1.68 bits per heavy atom. The lowest BCUT2D eigenvalue weighted by Crippen LogP contribution is -2.35. The van der Waals surface area contributed by atoms with Gasteiger partial charge < -0.3 is 15.4 Å². The van der Waals surface area contributed by atoms with Gasteiger partial charge in [-0.1, -0.05) is 35.3 Å². The summed E-state index contributed by atoms with van der Waals surface area (Å²) in [7, 11) is 1.51. The Kier molecular flexibility index (Phi) is 4.88. The van der Waals surface area contributed by atoms with Crippen LogP contribution in [0, 0.1) is 5.41 Å². The third kappa shape index (κ3) is 3.57. The average molecular weight is 379 g/mol. The van der Waals surface area contributed by atoms with Gasteiger partial charge in [-0.2, -0.15) is 0 Å². The number of benzene rings is 2. The van der Waals surface area contributed by atoms with Crippen molar-refractivity contribution < 1.29 is 14.3 Å². The number of rotatable bonds is 5. The lowest BCUT2D eigenvalue weighted by atomic mass is 10.0. The van der Waals surface area contributed by atoms with Gasteiger partial charge in [0.25, 0.3) is 0 Å². The minimum atomic E-state index is -1.08. The fourth-order valence-corrected chi connectivity index (χ4v) is 2.92. The third-order valence-corrected chi connectivity index (χ3v) is 4.78. The Balaban J connectivity index is 1.72. The number of anilines is 2. The van der Waals surface area contributed by atoms with Crippen molar-refractivity contribution in [2.45, 2.75) is 12.8 Å². The van der Waals surface area contributed by atoms with E-state index in [0.717, 1.165) is 0 Å². The van der Waals surface area contributed by atoms with E-state index >= 15 is 0 Å². The zero-order chi connectivity index (χ0) is 18.0. The van der Waals surface area contributed by atoms with E-state index in [9.17, 15) is 9.59 Å². The maximum atomic E-state index is 12.6. The number of carbonyl (C=O) groups is 2. The van der Waals surface area contributed by atoms with Gasteiger partial charge in [-0.3, -0.25) is 9.59 Å². The van der Waals surface area contributed by atoms with E-state index in [1.54, 1.807) is 42.5 Å². The van der Waals surface area contributed by atoms with E-state index < -0.39 is 5.41 Å². The Hall–Kier alpha value is -2.24. The van der Waals surface area contributed by atoms with Gasteiger partial charge in [0.15, 0.2) is 0 Å². The Morgan fingerprint density at radius 3 is 2.28 bits per heavy atom. The molecule has 0 atom stereocenters. The molecule has 2 N–H and O–H groups in total. The van der Waals surface area contributed by atoms with Crippen LogP contribution in [0.25, 0.3) is 0 Å². The molecule has 2 aromatic carbocycles. The summed E-state index contributed by atoms with van der Waals surface area (Å²) in [5, 5.41) is 6.28. The molecule has 0 saturated heterocycles. The first-order chi connectivity index (χ1) is 12.0. The molecule has 0 spiro atoms. The summed E-state index contributed by atoms with van der Waals surface area (Å²) in [5.74, 6) is -0.215. The summed E-state index contributed by atoms with van der Waals surface area (Å²) in [6, 6.07) is 11.8. The van der Waals surface area contributed by atoms with Gasteiger partial charge in [0.1, 0.15) is 11.2 Å². The van der Waals surface area contributed by atoms with Gasteiger partial charge in [0.05, 0.1) is 22.8 Å². The maximum Gasteiger partial charge on any atom is 0.240 e. The molecule has 1 aliphatic carbocycles. The monoisotopic (exact) mass is 378 g/mol. The lowest BCUT2D eigenvalue weighted by molar-refractivity contribution is -0.131. The number of carbonyl (C=O) groups excluding carboxylic acids is 2. The molecule has 0 bridgehead atoms. The summed E-state index contributed by atoms with van der Waals surface area (Å²) >= 11 is 12.1. The number of halogens is 2. The smallest absolute Gasteiger partial charge is 0.240 e.